The summed E-state index contributed by atoms with van der Waals surface area (Å²) in [6.45, 7) is 0. The van der Waals surface area contributed by atoms with Crippen LogP contribution in [0.1, 0.15) is 19.3 Å². The largest absolute Gasteiger partial charge is 0.393 e. The number of rotatable bonds is 4. The average Bonchev–Trinajstić information content (AvgIpc) is 3.39. The van der Waals surface area contributed by atoms with Crippen LogP contribution in [0.3, 0.4) is 0 Å². The van der Waals surface area contributed by atoms with Crippen LogP contribution in [0.2, 0.25) is 0 Å². The number of aliphatic hydroxyl groups excluding tert-OH is 1. The third-order valence-electron chi connectivity index (χ3n) is 5.51. The Morgan fingerprint density at radius 2 is 2.14 bits per heavy atom. The number of anilines is 1. The van der Waals surface area contributed by atoms with E-state index < -0.39 is 11.6 Å². The van der Waals surface area contributed by atoms with Gasteiger partial charge in [0.05, 0.1) is 59.5 Å². The smallest absolute Gasteiger partial charge is 0.155 e. The van der Waals surface area contributed by atoms with Crippen molar-refractivity contribution in [2.45, 2.75) is 30.9 Å². The Morgan fingerprint density at radius 3 is 2.83 bits per heavy atom. The van der Waals surface area contributed by atoms with Crippen molar-refractivity contribution in [3.8, 4) is 28.6 Å². The maximum atomic E-state index is 9.83. The highest BCUT2D eigenvalue weighted by atomic mass is 16.3. The lowest BCUT2D eigenvalue weighted by Gasteiger charge is -2.43. The summed E-state index contributed by atoms with van der Waals surface area (Å²) >= 11 is 0. The van der Waals surface area contributed by atoms with Gasteiger partial charge in [0.1, 0.15) is 5.69 Å². The van der Waals surface area contributed by atoms with Crippen LogP contribution in [0.25, 0.3) is 28.0 Å². The topological polar surface area (TPSA) is 136 Å². The van der Waals surface area contributed by atoms with E-state index in [1.165, 1.54) is 0 Å². The van der Waals surface area contributed by atoms with Crippen LogP contribution in [0.5, 0.6) is 0 Å². The maximum absolute atomic E-state index is 9.83. The van der Waals surface area contributed by atoms with Gasteiger partial charge in [0, 0.05) is 25.0 Å². The van der Waals surface area contributed by atoms with Gasteiger partial charge < -0.3 is 10.8 Å². The Kier molecular flexibility index (Phi) is 3.69. The van der Waals surface area contributed by atoms with E-state index in [1.54, 1.807) is 26.3 Å². The Hall–Kier alpha value is -3.71. The Balaban J connectivity index is 1.66. The SMILES string of the molecule is Cn1cc(-c2cn3nccc3c(-c3cn([C@]4(CC#N)C[C@H](O)C4)nc3N)n2)cn1. The highest BCUT2D eigenvalue weighted by molar-refractivity contribution is 5.83. The van der Waals surface area contributed by atoms with Gasteiger partial charge in [0.15, 0.2) is 5.82 Å². The first kappa shape index (κ1) is 17.4. The highest BCUT2D eigenvalue weighted by Gasteiger charge is 2.46. The molecule has 0 spiro atoms. The van der Waals surface area contributed by atoms with E-state index >= 15 is 0 Å². The van der Waals surface area contributed by atoms with E-state index in [4.69, 9.17) is 10.7 Å². The van der Waals surface area contributed by atoms with Crippen molar-refractivity contribution in [2.75, 3.05) is 5.73 Å². The number of hydrogen-bond acceptors (Lipinski definition) is 7. The van der Waals surface area contributed by atoms with E-state index in [2.05, 4.69) is 21.4 Å². The average molecular weight is 389 g/mol. The molecular weight excluding hydrogens is 370 g/mol. The van der Waals surface area contributed by atoms with Crippen LogP contribution in [-0.2, 0) is 12.6 Å². The van der Waals surface area contributed by atoms with Crippen LogP contribution in [-0.4, -0.2) is 45.4 Å². The predicted molar refractivity (Wildman–Crippen MR) is 104 cm³/mol. The molecule has 3 N–H and O–H groups in total. The lowest BCUT2D eigenvalue weighted by atomic mass is 9.72. The zero-order chi connectivity index (χ0) is 20.2. The van der Waals surface area contributed by atoms with Gasteiger partial charge in [0.2, 0.25) is 0 Å². The second-order valence-electron chi connectivity index (χ2n) is 7.53. The van der Waals surface area contributed by atoms with Crippen LogP contribution < -0.4 is 5.73 Å². The third kappa shape index (κ3) is 2.67. The summed E-state index contributed by atoms with van der Waals surface area (Å²) in [6.07, 6.45) is 9.78. The monoisotopic (exact) mass is 389 g/mol. The highest BCUT2D eigenvalue weighted by Crippen LogP contribution is 2.43. The predicted octanol–water partition coefficient (Wildman–Crippen LogP) is 1.34. The molecule has 1 fully saturated rings. The van der Waals surface area contributed by atoms with Crippen LogP contribution >= 0.6 is 0 Å². The molecule has 10 heteroatoms. The molecule has 0 bridgehead atoms. The first-order chi connectivity index (χ1) is 14.0. The van der Waals surface area contributed by atoms with Gasteiger partial charge in [-0.1, -0.05) is 0 Å². The van der Waals surface area contributed by atoms with E-state index in [1.807, 2.05) is 31.7 Å². The molecule has 29 heavy (non-hydrogen) atoms. The minimum atomic E-state index is -0.530. The molecule has 5 rings (SSSR count). The molecule has 0 aromatic carbocycles. The molecule has 0 amide bonds. The van der Waals surface area contributed by atoms with Crippen molar-refractivity contribution in [1.29, 1.82) is 5.26 Å². The fourth-order valence-corrected chi connectivity index (χ4v) is 4.01. The summed E-state index contributed by atoms with van der Waals surface area (Å²) in [7, 11) is 1.85. The van der Waals surface area contributed by atoms with Gasteiger partial charge in [-0.15, -0.1) is 0 Å². The van der Waals surface area contributed by atoms with Crippen molar-refractivity contribution in [3.63, 3.8) is 0 Å². The molecule has 1 saturated carbocycles. The second-order valence-corrected chi connectivity index (χ2v) is 7.53. The van der Waals surface area contributed by atoms with E-state index in [0.717, 1.165) is 11.1 Å². The van der Waals surface area contributed by atoms with Crippen molar-refractivity contribution < 1.29 is 5.11 Å². The molecule has 1 aliphatic rings. The molecule has 4 heterocycles. The normalized spacial score (nSPS) is 21.2. The summed E-state index contributed by atoms with van der Waals surface area (Å²) in [4.78, 5) is 4.83. The maximum Gasteiger partial charge on any atom is 0.155 e. The molecule has 0 unspecified atom stereocenters. The summed E-state index contributed by atoms with van der Waals surface area (Å²) in [6, 6.07) is 4.07. The van der Waals surface area contributed by atoms with Gasteiger partial charge >= 0.3 is 0 Å². The zero-order valence-corrected chi connectivity index (χ0v) is 15.8. The molecule has 0 aliphatic heterocycles. The number of nitrogen functional groups attached to an aromatic ring is 1. The van der Waals surface area contributed by atoms with E-state index in [-0.39, 0.29) is 6.42 Å². The number of nitrogens with two attached hydrogens (primary N) is 1. The third-order valence-corrected chi connectivity index (χ3v) is 5.51. The summed E-state index contributed by atoms with van der Waals surface area (Å²) in [5.74, 6) is 0.322. The molecule has 1 aliphatic carbocycles. The summed E-state index contributed by atoms with van der Waals surface area (Å²) in [5.41, 5.74) is 9.43. The Morgan fingerprint density at radius 1 is 1.31 bits per heavy atom. The van der Waals surface area contributed by atoms with Crippen LogP contribution in [0.15, 0.2) is 37.1 Å². The first-order valence-corrected chi connectivity index (χ1v) is 9.23. The zero-order valence-electron chi connectivity index (χ0n) is 15.8. The number of fused-ring (bicyclic) bond motifs is 1. The minimum absolute atomic E-state index is 0.260. The van der Waals surface area contributed by atoms with E-state index in [9.17, 15) is 10.4 Å². The van der Waals surface area contributed by atoms with Crippen LogP contribution in [0.4, 0.5) is 5.82 Å². The number of nitriles is 1. The molecule has 0 radical (unpaired) electrons. The Bertz CT molecular complexity index is 1250. The standard InChI is InChI=1S/C19H19N9O/c1-26-9-12(8-23-26)15-11-27-16(2-5-22-27)17(24-15)14-10-28(25-18(14)21)19(3-4-20)6-13(29)7-19/h2,5,8-11,13,29H,3,6-7H2,1H3,(H2,21,25)/t13-,19+. The molecular formula is C19H19N9O. The van der Waals surface area contributed by atoms with Gasteiger partial charge in [-0.2, -0.15) is 20.6 Å². The number of aromatic nitrogens is 7. The number of aryl methyl sites for hydroxylation is 1. The molecule has 4 aromatic rings. The summed E-state index contributed by atoms with van der Waals surface area (Å²) in [5, 5.41) is 32.1. The molecule has 10 nitrogen and oxygen atoms in total. The van der Waals surface area contributed by atoms with Crippen molar-refractivity contribution in [2.24, 2.45) is 7.05 Å². The number of hydrogen-bond donors (Lipinski definition) is 2. The van der Waals surface area contributed by atoms with E-state index in [0.29, 0.717) is 35.6 Å². The quantitative estimate of drug-likeness (QED) is 0.537. The van der Waals surface area contributed by atoms with Crippen molar-refractivity contribution >= 4 is 11.3 Å². The van der Waals surface area contributed by atoms with Gasteiger partial charge in [-0.3, -0.25) is 9.36 Å². The molecule has 146 valence electrons. The van der Waals surface area contributed by atoms with Crippen LogP contribution in [0, 0.1) is 11.3 Å². The lowest BCUT2D eigenvalue weighted by molar-refractivity contribution is -0.0267. The Labute approximate surface area is 165 Å². The van der Waals surface area contributed by atoms with Crippen molar-refractivity contribution in [1.82, 2.24) is 34.2 Å². The molecule has 0 saturated heterocycles. The fourth-order valence-electron chi connectivity index (χ4n) is 4.01. The van der Waals surface area contributed by atoms with Crippen molar-refractivity contribution in [3.05, 3.63) is 37.1 Å². The first-order valence-electron chi connectivity index (χ1n) is 9.23. The summed E-state index contributed by atoms with van der Waals surface area (Å²) < 4.78 is 5.18. The fraction of sp³-hybridized carbons (Fsp3) is 0.316. The minimum Gasteiger partial charge on any atom is -0.393 e. The number of aliphatic hydroxyl groups is 1. The van der Waals surface area contributed by atoms with Gasteiger partial charge in [0.25, 0.3) is 0 Å². The molecule has 4 aromatic heterocycles. The van der Waals surface area contributed by atoms with Gasteiger partial charge in [-0.05, 0) is 18.9 Å². The second kappa shape index (κ2) is 6.15. The van der Waals surface area contributed by atoms with Gasteiger partial charge in [-0.25, -0.2) is 9.50 Å². The lowest BCUT2D eigenvalue weighted by Crippen LogP contribution is -2.49. The molecule has 0 atom stereocenters. The number of nitrogens with zero attached hydrogens (tertiary/aromatic N) is 8.